The van der Waals surface area contributed by atoms with Crippen molar-refractivity contribution in [2.45, 2.75) is 13.0 Å². The summed E-state index contributed by atoms with van der Waals surface area (Å²) in [7, 11) is 2.89. The molecule has 0 aromatic carbocycles. The molecule has 0 saturated carbocycles. The van der Waals surface area contributed by atoms with Crippen molar-refractivity contribution in [2.24, 2.45) is 0 Å². The summed E-state index contributed by atoms with van der Waals surface area (Å²) in [6, 6.07) is 1.61. The van der Waals surface area contributed by atoms with Crippen molar-refractivity contribution in [3.63, 3.8) is 0 Å². The molecule has 0 spiro atoms. The molecule has 10 heteroatoms. The Morgan fingerprint density at radius 1 is 1.35 bits per heavy atom. The van der Waals surface area contributed by atoms with Crippen LogP contribution in [0, 0.1) is 0 Å². The lowest BCUT2D eigenvalue weighted by Gasteiger charge is -2.07. The van der Waals surface area contributed by atoms with Gasteiger partial charge in [-0.2, -0.15) is 9.97 Å². The fourth-order valence-electron chi connectivity index (χ4n) is 1.37. The van der Waals surface area contributed by atoms with Gasteiger partial charge in [-0.25, -0.2) is 4.68 Å². The van der Waals surface area contributed by atoms with E-state index in [1.807, 2.05) is 0 Å². The lowest BCUT2D eigenvalue weighted by Crippen LogP contribution is -2.16. The number of carbonyl (C=O) groups is 1. The van der Waals surface area contributed by atoms with E-state index in [0.29, 0.717) is 18.2 Å². The van der Waals surface area contributed by atoms with Gasteiger partial charge in [-0.05, 0) is 10.4 Å². The van der Waals surface area contributed by atoms with Crippen molar-refractivity contribution >= 4 is 11.7 Å². The van der Waals surface area contributed by atoms with Crippen molar-refractivity contribution < 1.29 is 14.3 Å². The molecule has 0 aliphatic heterocycles. The number of rotatable bonds is 6. The largest absolute Gasteiger partial charge is 0.481 e. The zero-order chi connectivity index (χ0) is 14.4. The van der Waals surface area contributed by atoms with E-state index in [4.69, 9.17) is 9.47 Å². The fourth-order valence-corrected chi connectivity index (χ4v) is 1.37. The molecule has 2 aromatic heterocycles. The second kappa shape index (κ2) is 6.41. The SMILES string of the molecule is COc1cc(NC(=O)CCn2cnnn2)nc(OC)n1. The van der Waals surface area contributed by atoms with Crippen LogP contribution in [-0.4, -0.2) is 50.3 Å². The third kappa shape index (κ3) is 3.60. The van der Waals surface area contributed by atoms with Crippen LogP contribution < -0.4 is 14.8 Å². The van der Waals surface area contributed by atoms with Gasteiger partial charge in [-0.15, -0.1) is 5.10 Å². The number of methoxy groups -OCH3 is 2. The first kappa shape index (κ1) is 13.6. The molecule has 106 valence electrons. The minimum absolute atomic E-state index is 0.111. The van der Waals surface area contributed by atoms with Crippen molar-refractivity contribution in [3.8, 4) is 11.9 Å². The molecule has 0 atom stereocenters. The highest BCUT2D eigenvalue weighted by atomic mass is 16.5. The predicted octanol–water partition coefficient (Wildman–Crippen LogP) is -0.491. The zero-order valence-corrected chi connectivity index (χ0v) is 11.0. The van der Waals surface area contributed by atoms with Crippen LogP contribution in [-0.2, 0) is 11.3 Å². The van der Waals surface area contributed by atoms with E-state index in [-0.39, 0.29) is 18.3 Å². The Hall–Kier alpha value is -2.78. The number of amides is 1. The van der Waals surface area contributed by atoms with Gasteiger partial charge < -0.3 is 14.8 Å². The summed E-state index contributed by atoms with van der Waals surface area (Å²) in [4.78, 5) is 19.7. The number of hydrogen-bond acceptors (Lipinski definition) is 8. The highest BCUT2D eigenvalue weighted by Crippen LogP contribution is 2.17. The molecule has 2 rings (SSSR count). The highest BCUT2D eigenvalue weighted by molar-refractivity contribution is 5.89. The molecule has 0 radical (unpaired) electrons. The number of anilines is 1. The standard InChI is InChI=1S/C10H13N7O3/c1-19-9-5-7(13-10(14-9)20-2)12-8(18)3-4-17-6-11-15-16-17/h5-6H,3-4H2,1-2H3,(H,12,13,14,18). The minimum Gasteiger partial charge on any atom is -0.481 e. The average molecular weight is 279 g/mol. The van der Waals surface area contributed by atoms with Gasteiger partial charge in [-0.3, -0.25) is 4.79 Å². The molecule has 10 nitrogen and oxygen atoms in total. The van der Waals surface area contributed by atoms with E-state index < -0.39 is 0 Å². The average Bonchev–Trinajstić information content (AvgIpc) is 2.98. The summed E-state index contributed by atoms with van der Waals surface area (Å²) in [6.07, 6.45) is 1.64. The molecule has 2 aromatic rings. The van der Waals surface area contributed by atoms with Crippen LogP contribution in [0.1, 0.15) is 6.42 Å². The van der Waals surface area contributed by atoms with E-state index in [0.717, 1.165) is 0 Å². The van der Waals surface area contributed by atoms with Gasteiger partial charge in [0.05, 0.1) is 20.8 Å². The molecule has 0 aliphatic rings. The van der Waals surface area contributed by atoms with Crippen LogP contribution >= 0.6 is 0 Å². The van der Waals surface area contributed by atoms with Gasteiger partial charge in [0, 0.05) is 12.5 Å². The van der Waals surface area contributed by atoms with Gasteiger partial charge >= 0.3 is 6.01 Å². The van der Waals surface area contributed by atoms with E-state index in [1.54, 1.807) is 0 Å². The smallest absolute Gasteiger partial charge is 0.321 e. The fraction of sp³-hybridized carbons (Fsp3) is 0.400. The Morgan fingerprint density at radius 2 is 2.20 bits per heavy atom. The Morgan fingerprint density at radius 3 is 2.85 bits per heavy atom. The maximum Gasteiger partial charge on any atom is 0.321 e. The van der Waals surface area contributed by atoms with Gasteiger partial charge in [0.1, 0.15) is 12.1 Å². The van der Waals surface area contributed by atoms with E-state index >= 15 is 0 Å². The molecule has 0 aliphatic carbocycles. The molecule has 1 amide bonds. The molecule has 20 heavy (non-hydrogen) atoms. The second-order valence-corrected chi connectivity index (χ2v) is 3.65. The number of carbonyl (C=O) groups excluding carboxylic acids is 1. The van der Waals surface area contributed by atoms with E-state index in [1.165, 1.54) is 31.3 Å². The normalized spacial score (nSPS) is 10.1. The first-order chi connectivity index (χ1) is 9.71. The first-order valence-corrected chi connectivity index (χ1v) is 5.69. The summed E-state index contributed by atoms with van der Waals surface area (Å²) in [5.41, 5.74) is 0. The summed E-state index contributed by atoms with van der Waals surface area (Å²) in [5, 5.41) is 13.2. The Balaban J connectivity index is 1.96. The summed E-state index contributed by atoms with van der Waals surface area (Å²) in [5.74, 6) is 0.367. The molecular weight excluding hydrogens is 266 g/mol. The zero-order valence-electron chi connectivity index (χ0n) is 11.0. The minimum atomic E-state index is -0.233. The molecule has 0 fully saturated rings. The first-order valence-electron chi connectivity index (χ1n) is 5.69. The molecule has 0 bridgehead atoms. The van der Waals surface area contributed by atoms with Crippen LogP contribution in [0.5, 0.6) is 11.9 Å². The van der Waals surface area contributed by atoms with Crippen molar-refractivity contribution in [3.05, 3.63) is 12.4 Å². The maximum atomic E-state index is 11.8. The van der Waals surface area contributed by atoms with E-state index in [9.17, 15) is 4.79 Å². The van der Waals surface area contributed by atoms with Crippen molar-refractivity contribution in [1.82, 2.24) is 30.2 Å². The quantitative estimate of drug-likeness (QED) is 0.752. The maximum absolute atomic E-state index is 11.8. The van der Waals surface area contributed by atoms with Gasteiger partial charge in [0.2, 0.25) is 11.8 Å². The lowest BCUT2D eigenvalue weighted by atomic mass is 10.4. The van der Waals surface area contributed by atoms with Crippen LogP contribution in [0.2, 0.25) is 0 Å². The summed E-state index contributed by atoms with van der Waals surface area (Å²) < 4.78 is 11.4. The van der Waals surface area contributed by atoms with Gasteiger partial charge in [0.15, 0.2) is 0 Å². The number of ether oxygens (including phenoxy) is 2. The number of nitrogens with zero attached hydrogens (tertiary/aromatic N) is 6. The summed E-state index contributed by atoms with van der Waals surface area (Å²) >= 11 is 0. The third-order valence-electron chi connectivity index (χ3n) is 2.30. The number of nitrogens with one attached hydrogen (secondary N) is 1. The number of aromatic nitrogens is 6. The van der Waals surface area contributed by atoms with Crippen molar-refractivity contribution in [2.75, 3.05) is 19.5 Å². The number of hydrogen-bond donors (Lipinski definition) is 1. The molecular formula is C10H13N7O3. The Kier molecular flexibility index (Phi) is 4.37. The van der Waals surface area contributed by atoms with Gasteiger partial charge in [-0.1, -0.05) is 0 Å². The molecule has 2 heterocycles. The molecule has 0 unspecified atom stereocenters. The van der Waals surface area contributed by atoms with Gasteiger partial charge in [0.25, 0.3) is 0 Å². The molecule has 1 N–H and O–H groups in total. The topological polar surface area (TPSA) is 117 Å². The highest BCUT2D eigenvalue weighted by Gasteiger charge is 2.09. The van der Waals surface area contributed by atoms with E-state index in [2.05, 4.69) is 30.8 Å². The lowest BCUT2D eigenvalue weighted by molar-refractivity contribution is -0.116. The Labute approximate surface area is 114 Å². The monoisotopic (exact) mass is 279 g/mol. The predicted molar refractivity (Wildman–Crippen MR) is 66.2 cm³/mol. The van der Waals surface area contributed by atoms with Crippen LogP contribution in [0.3, 0.4) is 0 Å². The van der Waals surface area contributed by atoms with Crippen LogP contribution in [0.4, 0.5) is 5.82 Å². The van der Waals surface area contributed by atoms with Crippen molar-refractivity contribution in [1.29, 1.82) is 0 Å². The van der Waals surface area contributed by atoms with Crippen LogP contribution in [0.15, 0.2) is 12.4 Å². The third-order valence-corrected chi connectivity index (χ3v) is 2.30. The summed E-state index contributed by atoms with van der Waals surface area (Å²) in [6.45, 7) is 0.373. The molecule has 0 saturated heterocycles. The second-order valence-electron chi connectivity index (χ2n) is 3.65. The Bertz CT molecular complexity index is 550. The number of aryl methyl sites for hydroxylation is 1. The number of tetrazole rings is 1. The van der Waals surface area contributed by atoms with Crippen LogP contribution in [0.25, 0.3) is 0 Å².